The fourth-order valence-electron chi connectivity index (χ4n) is 2.83. The van der Waals surface area contributed by atoms with E-state index < -0.39 is 0 Å². The van der Waals surface area contributed by atoms with E-state index in [4.69, 9.17) is 10.5 Å². The Morgan fingerprint density at radius 2 is 1.84 bits per heavy atom. The maximum atomic E-state index is 12.7. The standard InChI is InChI=1S/C16H23NO2/c1-12-4-3-5-13(2)14(12)10-15(18)16(11-17)6-8-19-9-7-16/h3-5H,6-11,17H2,1-2H3. The summed E-state index contributed by atoms with van der Waals surface area (Å²) >= 11 is 0. The maximum Gasteiger partial charge on any atom is 0.144 e. The molecule has 1 heterocycles. The second-order valence-corrected chi connectivity index (χ2v) is 5.57. The monoisotopic (exact) mass is 261 g/mol. The Bertz CT molecular complexity index is 442. The van der Waals surface area contributed by atoms with Crippen molar-refractivity contribution < 1.29 is 9.53 Å². The predicted molar refractivity (Wildman–Crippen MR) is 76.2 cm³/mol. The Labute approximate surface area is 115 Å². The van der Waals surface area contributed by atoms with Crippen molar-refractivity contribution in [3.63, 3.8) is 0 Å². The van der Waals surface area contributed by atoms with Crippen LogP contribution in [-0.4, -0.2) is 25.5 Å². The van der Waals surface area contributed by atoms with Crippen LogP contribution in [0.3, 0.4) is 0 Å². The van der Waals surface area contributed by atoms with E-state index in [2.05, 4.69) is 26.0 Å². The molecule has 0 atom stereocenters. The summed E-state index contributed by atoms with van der Waals surface area (Å²) in [6.07, 6.45) is 2.01. The lowest BCUT2D eigenvalue weighted by atomic mass is 9.74. The molecule has 0 radical (unpaired) electrons. The molecule has 0 saturated carbocycles. The molecule has 0 spiro atoms. The first-order chi connectivity index (χ1) is 9.09. The molecule has 0 unspecified atom stereocenters. The first-order valence-corrected chi connectivity index (χ1v) is 6.95. The predicted octanol–water partition coefficient (Wildman–Crippen LogP) is 2.17. The van der Waals surface area contributed by atoms with Crippen molar-refractivity contribution in [3.05, 3.63) is 34.9 Å². The highest BCUT2D eigenvalue weighted by molar-refractivity contribution is 5.87. The number of carbonyl (C=O) groups is 1. The SMILES string of the molecule is Cc1cccc(C)c1CC(=O)C1(CN)CCOCC1. The molecule has 104 valence electrons. The van der Waals surface area contributed by atoms with Gasteiger partial charge in [-0.1, -0.05) is 18.2 Å². The number of hydrogen-bond donors (Lipinski definition) is 1. The van der Waals surface area contributed by atoms with Gasteiger partial charge < -0.3 is 10.5 Å². The van der Waals surface area contributed by atoms with E-state index in [1.54, 1.807) is 0 Å². The summed E-state index contributed by atoms with van der Waals surface area (Å²) in [6.45, 7) is 5.86. The van der Waals surface area contributed by atoms with E-state index in [0.717, 1.165) is 18.4 Å². The van der Waals surface area contributed by atoms with Gasteiger partial charge in [0.05, 0.1) is 0 Å². The van der Waals surface area contributed by atoms with Crippen LogP contribution >= 0.6 is 0 Å². The van der Waals surface area contributed by atoms with E-state index in [-0.39, 0.29) is 11.2 Å². The Morgan fingerprint density at radius 3 is 2.37 bits per heavy atom. The number of ketones is 1. The summed E-state index contributed by atoms with van der Waals surface area (Å²) < 4.78 is 5.37. The van der Waals surface area contributed by atoms with Gasteiger partial charge in [-0.05, 0) is 43.4 Å². The molecule has 0 aromatic heterocycles. The van der Waals surface area contributed by atoms with Crippen LogP contribution in [0.4, 0.5) is 0 Å². The molecule has 0 aliphatic carbocycles. The molecular weight excluding hydrogens is 238 g/mol. The van der Waals surface area contributed by atoms with Gasteiger partial charge in [0.2, 0.25) is 0 Å². The fraction of sp³-hybridized carbons (Fsp3) is 0.562. The molecule has 1 aromatic rings. The van der Waals surface area contributed by atoms with Crippen LogP contribution in [0.5, 0.6) is 0 Å². The third-order valence-electron chi connectivity index (χ3n) is 4.41. The van der Waals surface area contributed by atoms with E-state index in [1.165, 1.54) is 11.1 Å². The van der Waals surface area contributed by atoms with Gasteiger partial charge in [0.25, 0.3) is 0 Å². The Hall–Kier alpha value is -1.19. The van der Waals surface area contributed by atoms with Crippen molar-refractivity contribution in [3.8, 4) is 0 Å². The number of ether oxygens (including phenoxy) is 1. The summed E-state index contributed by atoms with van der Waals surface area (Å²) in [5.41, 5.74) is 9.06. The van der Waals surface area contributed by atoms with Gasteiger partial charge in [0.1, 0.15) is 5.78 Å². The first kappa shape index (κ1) is 14.2. The van der Waals surface area contributed by atoms with Crippen molar-refractivity contribution in [2.75, 3.05) is 19.8 Å². The van der Waals surface area contributed by atoms with Gasteiger partial charge in [-0.15, -0.1) is 0 Å². The van der Waals surface area contributed by atoms with Crippen LogP contribution in [0.1, 0.15) is 29.5 Å². The largest absolute Gasteiger partial charge is 0.381 e. The average molecular weight is 261 g/mol. The van der Waals surface area contributed by atoms with E-state index in [9.17, 15) is 4.79 Å². The topological polar surface area (TPSA) is 52.3 Å². The van der Waals surface area contributed by atoms with Crippen LogP contribution in [0.2, 0.25) is 0 Å². The zero-order chi connectivity index (χ0) is 13.9. The summed E-state index contributed by atoms with van der Waals surface area (Å²) in [5, 5.41) is 0. The number of benzene rings is 1. The van der Waals surface area contributed by atoms with Gasteiger partial charge in [-0.3, -0.25) is 4.79 Å². The summed E-state index contributed by atoms with van der Waals surface area (Å²) in [7, 11) is 0. The van der Waals surface area contributed by atoms with Crippen LogP contribution in [0.15, 0.2) is 18.2 Å². The molecule has 1 aliphatic rings. The quantitative estimate of drug-likeness (QED) is 0.903. The highest BCUT2D eigenvalue weighted by Gasteiger charge is 2.38. The zero-order valence-electron chi connectivity index (χ0n) is 11.9. The summed E-state index contributed by atoms with van der Waals surface area (Å²) in [4.78, 5) is 12.7. The van der Waals surface area contributed by atoms with Crippen LogP contribution < -0.4 is 5.73 Å². The molecule has 1 aliphatic heterocycles. The highest BCUT2D eigenvalue weighted by atomic mass is 16.5. The lowest BCUT2D eigenvalue weighted by Crippen LogP contribution is -2.44. The number of carbonyl (C=O) groups excluding carboxylic acids is 1. The number of hydrogen-bond acceptors (Lipinski definition) is 3. The van der Waals surface area contributed by atoms with Gasteiger partial charge >= 0.3 is 0 Å². The Morgan fingerprint density at radius 1 is 1.26 bits per heavy atom. The molecule has 2 rings (SSSR count). The molecule has 0 amide bonds. The van der Waals surface area contributed by atoms with Gasteiger partial charge in [0, 0.05) is 31.6 Å². The molecule has 1 aromatic carbocycles. The van der Waals surface area contributed by atoms with Gasteiger partial charge in [-0.25, -0.2) is 0 Å². The van der Waals surface area contributed by atoms with Crippen LogP contribution in [-0.2, 0) is 16.0 Å². The highest BCUT2D eigenvalue weighted by Crippen LogP contribution is 2.32. The Kier molecular flexibility index (Phi) is 4.38. The number of aryl methyl sites for hydroxylation is 2. The van der Waals surface area contributed by atoms with Crippen LogP contribution in [0.25, 0.3) is 0 Å². The zero-order valence-corrected chi connectivity index (χ0v) is 11.9. The van der Waals surface area contributed by atoms with Crippen molar-refractivity contribution in [2.24, 2.45) is 11.1 Å². The minimum absolute atomic E-state index is 0.274. The molecule has 19 heavy (non-hydrogen) atoms. The molecule has 1 fully saturated rings. The fourth-order valence-corrected chi connectivity index (χ4v) is 2.83. The van der Waals surface area contributed by atoms with Crippen LogP contribution in [0, 0.1) is 19.3 Å². The third-order valence-corrected chi connectivity index (χ3v) is 4.41. The van der Waals surface area contributed by atoms with Crippen molar-refractivity contribution in [1.82, 2.24) is 0 Å². The molecule has 1 saturated heterocycles. The first-order valence-electron chi connectivity index (χ1n) is 6.95. The summed E-state index contributed by atoms with van der Waals surface area (Å²) in [5.74, 6) is 0.274. The average Bonchev–Trinajstić information content (AvgIpc) is 2.43. The van der Waals surface area contributed by atoms with Crippen molar-refractivity contribution in [2.45, 2.75) is 33.1 Å². The minimum atomic E-state index is -0.368. The minimum Gasteiger partial charge on any atom is -0.381 e. The lowest BCUT2D eigenvalue weighted by Gasteiger charge is -2.35. The molecule has 2 N–H and O–H groups in total. The molecule has 0 bridgehead atoms. The number of nitrogens with two attached hydrogens (primary N) is 1. The number of rotatable bonds is 4. The Balaban J connectivity index is 2.20. The van der Waals surface area contributed by atoms with Gasteiger partial charge in [-0.2, -0.15) is 0 Å². The molecular formula is C16H23NO2. The molecule has 3 heteroatoms. The van der Waals surface area contributed by atoms with Gasteiger partial charge in [0.15, 0.2) is 0 Å². The maximum absolute atomic E-state index is 12.7. The smallest absolute Gasteiger partial charge is 0.144 e. The normalized spacial score (nSPS) is 18.3. The van der Waals surface area contributed by atoms with Crippen molar-refractivity contribution >= 4 is 5.78 Å². The molecule has 3 nitrogen and oxygen atoms in total. The second-order valence-electron chi connectivity index (χ2n) is 5.57. The van der Waals surface area contributed by atoms with E-state index >= 15 is 0 Å². The number of Topliss-reactive ketones (excluding diaryl/α,β-unsaturated/α-hetero) is 1. The second kappa shape index (κ2) is 5.85. The van der Waals surface area contributed by atoms with E-state index in [0.29, 0.717) is 26.2 Å². The lowest BCUT2D eigenvalue weighted by molar-refractivity contribution is -0.132. The van der Waals surface area contributed by atoms with Crippen molar-refractivity contribution in [1.29, 1.82) is 0 Å². The third kappa shape index (κ3) is 2.88. The van der Waals surface area contributed by atoms with E-state index in [1.807, 2.05) is 6.07 Å². The summed E-state index contributed by atoms with van der Waals surface area (Å²) in [6, 6.07) is 6.16.